The van der Waals surface area contributed by atoms with E-state index < -0.39 is 7.12 Å². The summed E-state index contributed by atoms with van der Waals surface area (Å²) in [4.78, 5) is 23.8. The molecule has 0 amide bonds. The molecular weight excluding hydrogens is 295 g/mol. The number of allylic oxidation sites excluding steroid dienone is 1. The number of aromatic nitrogens is 1. The molecule has 0 aliphatic carbocycles. The largest absolute Gasteiger partial charge is 0.455 e. The molecule has 2 aliphatic heterocycles. The summed E-state index contributed by atoms with van der Waals surface area (Å²) in [6, 6.07) is 5.39. The molecule has 1 aromatic heterocycles. The molecular formula is C16H23BN2O4. The first kappa shape index (κ1) is 17.7. The summed E-state index contributed by atoms with van der Waals surface area (Å²) in [5.74, 6) is 0.478. The highest BCUT2D eigenvalue weighted by Crippen LogP contribution is 2.40. The third-order valence-electron chi connectivity index (χ3n) is 4.58. The van der Waals surface area contributed by atoms with Gasteiger partial charge in [0, 0.05) is 37.3 Å². The fraction of sp³-hybridized carbons (Fsp3) is 0.500. The van der Waals surface area contributed by atoms with Crippen LogP contribution in [0.2, 0.25) is 6.32 Å². The standard InChI is InChI=1S/C13H16N2O2.C3H7BO2/c1-9(16)13-5-10(6-14-7-13)11-3-2-4-12(17)15(11)8-13;1-2-3-4(5)6/h2-4,10,14H,5-8H2,1H3;2,5-6H,1,3H2/t10-,13-;/m1./s1. The smallest absolute Gasteiger partial charge is 0.427 e. The number of nitrogens with one attached hydrogen (secondary N) is 1. The molecule has 7 heteroatoms. The molecule has 0 spiro atoms. The van der Waals surface area contributed by atoms with Crippen molar-refractivity contribution in [2.45, 2.75) is 32.1 Å². The van der Waals surface area contributed by atoms with Gasteiger partial charge in [0.05, 0.1) is 5.41 Å². The van der Waals surface area contributed by atoms with Gasteiger partial charge in [-0.25, -0.2) is 0 Å². The van der Waals surface area contributed by atoms with Crippen LogP contribution in [-0.2, 0) is 11.3 Å². The molecule has 0 unspecified atom stereocenters. The van der Waals surface area contributed by atoms with Gasteiger partial charge in [-0.2, -0.15) is 0 Å². The number of rotatable bonds is 3. The molecule has 0 aromatic carbocycles. The third kappa shape index (κ3) is 3.80. The van der Waals surface area contributed by atoms with E-state index in [2.05, 4.69) is 11.9 Å². The number of pyridine rings is 1. The van der Waals surface area contributed by atoms with Gasteiger partial charge in [-0.15, -0.1) is 6.58 Å². The van der Waals surface area contributed by atoms with Crippen molar-refractivity contribution in [1.29, 1.82) is 0 Å². The van der Waals surface area contributed by atoms with Crippen LogP contribution in [0.4, 0.5) is 0 Å². The molecule has 6 nitrogen and oxygen atoms in total. The lowest BCUT2D eigenvalue weighted by Gasteiger charge is -2.45. The van der Waals surface area contributed by atoms with E-state index >= 15 is 0 Å². The molecule has 0 saturated carbocycles. The molecule has 1 saturated heterocycles. The lowest BCUT2D eigenvalue weighted by atomic mass is 9.70. The highest BCUT2D eigenvalue weighted by atomic mass is 16.4. The molecule has 1 fully saturated rings. The number of carbonyl (C=O) groups is 1. The fourth-order valence-electron chi connectivity index (χ4n) is 3.32. The van der Waals surface area contributed by atoms with Crippen LogP contribution in [0.5, 0.6) is 0 Å². The van der Waals surface area contributed by atoms with E-state index in [1.807, 2.05) is 12.1 Å². The number of piperidine rings is 1. The summed E-state index contributed by atoms with van der Waals surface area (Å²) in [6.45, 7) is 7.01. The van der Waals surface area contributed by atoms with Crippen LogP contribution in [-0.4, -0.2) is 40.6 Å². The maximum atomic E-state index is 11.9. The van der Waals surface area contributed by atoms with Gasteiger partial charge in [0.25, 0.3) is 5.56 Å². The van der Waals surface area contributed by atoms with Gasteiger partial charge in [-0.05, 0) is 25.7 Å². The van der Waals surface area contributed by atoms with E-state index in [9.17, 15) is 9.59 Å². The second-order valence-electron chi connectivity index (χ2n) is 6.25. The van der Waals surface area contributed by atoms with E-state index in [0.717, 1.165) is 18.7 Å². The van der Waals surface area contributed by atoms with Crippen molar-refractivity contribution in [2.75, 3.05) is 13.1 Å². The Labute approximate surface area is 136 Å². The molecule has 1 aromatic rings. The first-order valence-electron chi connectivity index (χ1n) is 7.78. The predicted molar refractivity (Wildman–Crippen MR) is 89.2 cm³/mol. The zero-order valence-corrected chi connectivity index (χ0v) is 13.4. The summed E-state index contributed by atoms with van der Waals surface area (Å²) in [7, 11) is -1.22. The quantitative estimate of drug-likeness (QED) is 0.545. The fourth-order valence-corrected chi connectivity index (χ4v) is 3.32. The molecule has 3 rings (SSSR count). The van der Waals surface area contributed by atoms with Gasteiger partial charge in [0.2, 0.25) is 0 Å². The van der Waals surface area contributed by atoms with Crippen molar-refractivity contribution < 1.29 is 14.8 Å². The Balaban J connectivity index is 0.000000277. The summed E-state index contributed by atoms with van der Waals surface area (Å²) >= 11 is 0. The van der Waals surface area contributed by atoms with Crippen molar-refractivity contribution in [3.8, 4) is 0 Å². The lowest BCUT2D eigenvalue weighted by Crippen LogP contribution is -2.55. The monoisotopic (exact) mass is 318 g/mol. The van der Waals surface area contributed by atoms with Gasteiger partial charge in [0.15, 0.2) is 0 Å². The lowest BCUT2D eigenvalue weighted by molar-refractivity contribution is -0.129. The number of hydrogen-bond acceptors (Lipinski definition) is 5. The van der Waals surface area contributed by atoms with Crippen LogP contribution in [0.25, 0.3) is 0 Å². The Morgan fingerprint density at radius 1 is 1.57 bits per heavy atom. The van der Waals surface area contributed by atoms with Crippen molar-refractivity contribution >= 4 is 12.9 Å². The van der Waals surface area contributed by atoms with Crippen molar-refractivity contribution in [3.63, 3.8) is 0 Å². The molecule has 3 N–H and O–H groups in total. The van der Waals surface area contributed by atoms with Crippen LogP contribution in [0.1, 0.15) is 25.0 Å². The third-order valence-corrected chi connectivity index (χ3v) is 4.58. The maximum Gasteiger partial charge on any atom is 0.455 e. The summed E-state index contributed by atoms with van der Waals surface area (Å²) in [5, 5.41) is 19.4. The van der Waals surface area contributed by atoms with Crippen molar-refractivity contribution in [2.24, 2.45) is 5.41 Å². The minimum absolute atomic E-state index is 0.0136. The van der Waals surface area contributed by atoms with Crippen molar-refractivity contribution in [1.82, 2.24) is 9.88 Å². The van der Waals surface area contributed by atoms with Crippen LogP contribution >= 0.6 is 0 Å². The number of carbonyl (C=O) groups excluding carboxylic acids is 1. The van der Waals surface area contributed by atoms with Crippen molar-refractivity contribution in [3.05, 3.63) is 46.9 Å². The molecule has 0 radical (unpaired) electrons. The summed E-state index contributed by atoms with van der Waals surface area (Å²) < 4.78 is 1.79. The Morgan fingerprint density at radius 2 is 2.30 bits per heavy atom. The van der Waals surface area contributed by atoms with Crippen LogP contribution in [0.3, 0.4) is 0 Å². The first-order chi connectivity index (χ1) is 10.9. The highest BCUT2D eigenvalue weighted by Gasteiger charge is 2.45. The Kier molecular flexibility index (Phi) is 5.57. The number of hydrogen-bond donors (Lipinski definition) is 3. The molecule has 2 aliphatic rings. The maximum absolute atomic E-state index is 11.9. The number of nitrogens with zero attached hydrogens (tertiary/aromatic N) is 1. The van der Waals surface area contributed by atoms with Gasteiger partial charge >= 0.3 is 7.12 Å². The van der Waals surface area contributed by atoms with Gasteiger partial charge < -0.3 is 19.9 Å². The van der Waals surface area contributed by atoms with E-state index in [1.165, 1.54) is 6.08 Å². The average molecular weight is 318 g/mol. The van der Waals surface area contributed by atoms with Gasteiger partial charge in [-0.3, -0.25) is 9.59 Å². The predicted octanol–water partition coefficient (Wildman–Crippen LogP) is 0.159. The normalized spacial score (nSPS) is 24.7. The van der Waals surface area contributed by atoms with E-state index in [-0.39, 0.29) is 29.0 Å². The second kappa shape index (κ2) is 7.25. The Bertz CT molecular complexity index is 643. The number of fused-ring (bicyclic) bond motifs is 4. The van der Waals surface area contributed by atoms with E-state index in [4.69, 9.17) is 10.0 Å². The zero-order chi connectivity index (χ0) is 17.0. The molecule has 3 heterocycles. The van der Waals surface area contributed by atoms with Crippen LogP contribution < -0.4 is 10.9 Å². The van der Waals surface area contributed by atoms with Gasteiger partial charge in [0.1, 0.15) is 5.78 Å². The zero-order valence-electron chi connectivity index (χ0n) is 13.4. The molecule has 2 atom stereocenters. The number of ketones is 1. The van der Waals surface area contributed by atoms with Crippen LogP contribution in [0, 0.1) is 5.41 Å². The minimum atomic E-state index is -1.22. The number of Topliss-reactive ketones (excluding diaryl/α,β-unsaturated/α-hetero) is 1. The average Bonchev–Trinajstić information content (AvgIpc) is 2.49. The van der Waals surface area contributed by atoms with Gasteiger partial charge in [-0.1, -0.05) is 12.1 Å². The second-order valence-corrected chi connectivity index (χ2v) is 6.25. The van der Waals surface area contributed by atoms with E-state index in [1.54, 1.807) is 17.6 Å². The highest BCUT2D eigenvalue weighted by molar-refractivity contribution is 6.41. The Hall–Kier alpha value is -1.70. The van der Waals surface area contributed by atoms with E-state index in [0.29, 0.717) is 13.1 Å². The van der Waals surface area contributed by atoms with Crippen LogP contribution in [0.15, 0.2) is 35.6 Å². The first-order valence-corrected chi connectivity index (χ1v) is 7.78. The molecule has 2 bridgehead atoms. The molecule has 23 heavy (non-hydrogen) atoms. The Morgan fingerprint density at radius 3 is 2.87 bits per heavy atom. The topological polar surface area (TPSA) is 91.6 Å². The minimum Gasteiger partial charge on any atom is -0.427 e. The molecule has 124 valence electrons. The summed E-state index contributed by atoms with van der Waals surface area (Å²) in [6.07, 6.45) is 2.57. The SMILES string of the molecule is C=CCB(O)O.CC(=O)[C@@]12CNC[C@@H](C1)c1cccc(=O)n1C2. The summed E-state index contributed by atoms with van der Waals surface area (Å²) in [5.41, 5.74) is 0.711.